The van der Waals surface area contributed by atoms with E-state index in [1.165, 1.54) is 15.7 Å². The van der Waals surface area contributed by atoms with Crippen LogP contribution in [0.25, 0.3) is 26.6 Å². The number of H-pyrrole nitrogens is 1. The fourth-order valence-corrected chi connectivity index (χ4v) is 4.83. The van der Waals surface area contributed by atoms with Gasteiger partial charge in [-0.1, -0.05) is 55.5 Å². The van der Waals surface area contributed by atoms with Crippen LogP contribution in [0.4, 0.5) is 0 Å². The average molecular weight is 400 g/mol. The Balaban J connectivity index is 2.04. The molecule has 0 aliphatic carbocycles. The van der Waals surface area contributed by atoms with Gasteiger partial charge in [0.15, 0.2) is 5.78 Å². The zero-order valence-corrected chi connectivity index (χ0v) is 16.4. The first-order valence-corrected chi connectivity index (χ1v) is 10.1. The molecule has 5 rings (SSSR count). The van der Waals surface area contributed by atoms with Crippen molar-refractivity contribution >= 4 is 43.8 Å². The van der Waals surface area contributed by atoms with Crippen molar-refractivity contribution in [2.75, 3.05) is 0 Å². The van der Waals surface area contributed by atoms with Crippen molar-refractivity contribution in [3.63, 3.8) is 0 Å². The van der Waals surface area contributed by atoms with Gasteiger partial charge in [-0.05, 0) is 18.6 Å². The molecule has 0 saturated heterocycles. The van der Waals surface area contributed by atoms with Crippen LogP contribution in [0.5, 0.6) is 0 Å². The zero-order chi connectivity index (χ0) is 20.1. The molecule has 29 heavy (non-hydrogen) atoms. The van der Waals surface area contributed by atoms with Gasteiger partial charge in [-0.3, -0.25) is 18.8 Å². The minimum Gasteiger partial charge on any atom is -0.307 e. The van der Waals surface area contributed by atoms with Gasteiger partial charge in [0, 0.05) is 21.2 Å². The first kappa shape index (κ1) is 17.6. The maximum atomic E-state index is 13.5. The summed E-state index contributed by atoms with van der Waals surface area (Å²) in [5.41, 5.74) is 0.527. The zero-order valence-electron chi connectivity index (χ0n) is 15.6. The third kappa shape index (κ3) is 2.57. The molecule has 0 aliphatic rings. The van der Waals surface area contributed by atoms with Crippen molar-refractivity contribution in [1.29, 1.82) is 0 Å². The lowest BCUT2D eigenvalue weighted by atomic mass is 9.98. The lowest BCUT2D eigenvalue weighted by Crippen LogP contribution is -2.23. The summed E-state index contributed by atoms with van der Waals surface area (Å²) in [5, 5.41) is 1.45. The van der Waals surface area contributed by atoms with Gasteiger partial charge in [0.1, 0.15) is 10.5 Å². The first-order chi connectivity index (χ1) is 14.1. The monoisotopic (exact) mass is 400 g/mol. The second kappa shape index (κ2) is 6.53. The number of benzene rings is 2. The number of nitrogens with zero attached hydrogens (tertiary/aromatic N) is 1. The minimum atomic E-state index is -0.298. The highest BCUT2D eigenvalue weighted by Crippen LogP contribution is 2.28. The second-order valence-corrected chi connectivity index (χ2v) is 7.96. The highest BCUT2D eigenvalue weighted by Gasteiger charge is 2.22. The number of carbonyl (C=O) groups is 1. The van der Waals surface area contributed by atoms with E-state index >= 15 is 0 Å². The summed E-state index contributed by atoms with van der Waals surface area (Å²) in [5.74, 6) is -0.235. The van der Waals surface area contributed by atoms with Crippen molar-refractivity contribution in [1.82, 2.24) is 9.38 Å². The summed E-state index contributed by atoms with van der Waals surface area (Å²) in [7, 11) is 0. The van der Waals surface area contributed by atoms with Crippen LogP contribution >= 0.6 is 11.3 Å². The Morgan fingerprint density at radius 2 is 1.66 bits per heavy atom. The van der Waals surface area contributed by atoms with E-state index in [4.69, 9.17) is 0 Å². The Morgan fingerprint density at radius 1 is 0.966 bits per heavy atom. The first-order valence-electron chi connectivity index (χ1n) is 9.32. The van der Waals surface area contributed by atoms with E-state index in [1.807, 2.05) is 19.1 Å². The summed E-state index contributed by atoms with van der Waals surface area (Å²) < 4.78 is 1.49. The van der Waals surface area contributed by atoms with Crippen LogP contribution < -0.4 is 11.1 Å². The third-order valence-electron chi connectivity index (χ3n) is 5.14. The summed E-state index contributed by atoms with van der Waals surface area (Å²) in [6.07, 6.45) is 0.762. The van der Waals surface area contributed by atoms with Crippen molar-refractivity contribution in [3.05, 3.63) is 97.4 Å². The number of carbonyl (C=O) groups excluding carboxylic acids is 1. The molecule has 0 spiro atoms. The number of ketones is 1. The van der Waals surface area contributed by atoms with E-state index in [2.05, 4.69) is 4.98 Å². The van der Waals surface area contributed by atoms with Crippen molar-refractivity contribution in [3.8, 4) is 0 Å². The van der Waals surface area contributed by atoms with Gasteiger partial charge in [-0.2, -0.15) is 0 Å². The van der Waals surface area contributed by atoms with Gasteiger partial charge in [-0.15, -0.1) is 11.3 Å². The number of nitrogens with one attached hydrogen (secondary N) is 1. The molecule has 5 nitrogen and oxygen atoms in total. The van der Waals surface area contributed by atoms with E-state index in [-0.39, 0.29) is 22.5 Å². The van der Waals surface area contributed by atoms with Crippen LogP contribution in [-0.2, 0) is 6.42 Å². The van der Waals surface area contributed by atoms with E-state index in [0.29, 0.717) is 32.1 Å². The summed E-state index contributed by atoms with van der Waals surface area (Å²) >= 11 is 1.41. The summed E-state index contributed by atoms with van der Waals surface area (Å²) in [4.78, 5) is 44.0. The quantitative estimate of drug-likeness (QED) is 0.365. The van der Waals surface area contributed by atoms with Crippen LogP contribution in [0.15, 0.2) is 70.3 Å². The Morgan fingerprint density at radius 3 is 2.38 bits per heavy atom. The molecule has 0 unspecified atom stereocenters. The van der Waals surface area contributed by atoms with Crippen LogP contribution in [0.2, 0.25) is 0 Å². The van der Waals surface area contributed by atoms with Gasteiger partial charge >= 0.3 is 0 Å². The predicted octanol–water partition coefficient (Wildman–Crippen LogP) is 4.15. The maximum Gasteiger partial charge on any atom is 0.265 e. The summed E-state index contributed by atoms with van der Waals surface area (Å²) in [6, 6.07) is 17.7. The minimum absolute atomic E-state index is 0.235. The van der Waals surface area contributed by atoms with Gasteiger partial charge in [0.25, 0.3) is 11.1 Å². The molecule has 142 valence electrons. The number of aromatic nitrogens is 2. The molecule has 5 aromatic rings. The lowest BCUT2D eigenvalue weighted by molar-refractivity contribution is 0.104. The van der Waals surface area contributed by atoms with E-state index in [1.54, 1.807) is 48.5 Å². The number of hydrogen-bond acceptors (Lipinski definition) is 4. The van der Waals surface area contributed by atoms with E-state index in [9.17, 15) is 14.4 Å². The number of aryl methyl sites for hydroxylation is 1. The maximum absolute atomic E-state index is 13.5. The van der Waals surface area contributed by atoms with Crippen molar-refractivity contribution < 1.29 is 4.79 Å². The Kier molecular flexibility index (Phi) is 3.96. The molecule has 0 aliphatic heterocycles. The molecule has 0 radical (unpaired) electrons. The Hall–Kier alpha value is -3.51. The van der Waals surface area contributed by atoms with Gasteiger partial charge < -0.3 is 4.98 Å². The number of pyridine rings is 1. The van der Waals surface area contributed by atoms with E-state index < -0.39 is 0 Å². The van der Waals surface area contributed by atoms with Gasteiger partial charge in [0.05, 0.1) is 10.9 Å². The number of rotatable bonds is 3. The van der Waals surface area contributed by atoms with Crippen LogP contribution in [0.1, 0.15) is 27.7 Å². The normalized spacial score (nSPS) is 11.5. The Bertz CT molecular complexity index is 1540. The number of thiophene rings is 1. The third-order valence-corrected chi connectivity index (χ3v) is 6.41. The van der Waals surface area contributed by atoms with Gasteiger partial charge in [-0.25, -0.2) is 0 Å². The molecule has 0 bridgehead atoms. The predicted molar refractivity (Wildman–Crippen MR) is 116 cm³/mol. The van der Waals surface area contributed by atoms with Crippen molar-refractivity contribution in [2.24, 2.45) is 0 Å². The van der Waals surface area contributed by atoms with Crippen molar-refractivity contribution in [2.45, 2.75) is 13.3 Å². The van der Waals surface area contributed by atoms with Crippen LogP contribution in [0.3, 0.4) is 0 Å². The fraction of sp³-hybridized carbons (Fsp3) is 0.0870. The van der Waals surface area contributed by atoms with Gasteiger partial charge in [0.2, 0.25) is 0 Å². The molecule has 0 amide bonds. The molecule has 6 heteroatoms. The molecule has 0 atom stereocenters. The highest BCUT2D eigenvalue weighted by atomic mass is 32.1. The Labute approximate surface area is 168 Å². The van der Waals surface area contributed by atoms with Crippen LogP contribution in [-0.4, -0.2) is 15.2 Å². The molecule has 3 aromatic heterocycles. The fourth-order valence-electron chi connectivity index (χ4n) is 3.73. The smallest absolute Gasteiger partial charge is 0.265 e. The van der Waals surface area contributed by atoms with Crippen LogP contribution in [0, 0.1) is 0 Å². The highest BCUT2D eigenvalue weighted by molar-refractivity contribution is 7.18. The SMILES string of the molecule is CCc1cc2c(=O)[nH]c3c(C(=O)c4ccccc4)c4ccccc4c(=O)n3c2s1. The number of fused-ring (bicyclic) bond motifs is 4. The standard InChI is InChI=1S/C23H16N2O3S/c1-2-14-12-17-21(27)24-20-18(19(26)13-8-4-3-5-9-13)15-10-6-7-11-16(15)22(28)25(20)23(17)29-14/h3-12H,2H2,1H3,(H,24,27). The number of aromatic amines is 1. The second-order valence-electron chi connectivity index (χ2n) is 6.84. The molecule has 1 N–H and O–H groups in total. The molecule has 0 saturated carbocycles. The largest absolute Gasteiger partial charge is 0.307 e. The lowest BCUT2D eigenvalue weighted by Gasteiger charge is -2.12. The topological polar surface area (TPSA) is 71.4 Å². The average Bonchev–Trinajstić information content (AvgIpc) is 3.19. The molecular formula is C23H16N2O3S. The molecule has 3 heterocycles. The number of hydrogen-bond donors (Lipinski definition) is 1. The molecule has 2 aromatic carbocycles. The molecule has 0 fully saturated rings. The van der Waals surface area contributed by atoms with E-state index in [0.717, 1.165) is 11.3 Å². The summed E-state index contributed by atoms with van der Waals surface area (Å²) in [6.45, 7) is 2.00. The molecular weight excluding hydrogens is 384 g/mol.